The number of nitrogens with zero attached hydrogens (tertiary/aromatic N) is 2. The SMILES string of the molecule is CCc1nnc(C)cc1CNCC(C)C. The van der Waals surface area contributed by atoms with Crippen molar-refractivity contribution in [2.75, 3.05) is 6.54 Å². The maximum absolute atomic E-state index is 4.20. The molecule has 0 saturated carbocycles. The van der Waals surface area contributed by atoms with Gasteiger partial charge in [0.25, 0.3) is 0 Å². The van der Waals surface area contributed by atoms with Gasteiger partial charge in [0.15, 0.2) is 0 Å². The molecule has 0 unspecified atom stereocenters. The molecule has 0 aliphatic carbocycles. The molecule has 0 fully saturated rings. The molecule has 0 aliphatic heterocycles. The Labute approximate surface area is 92.3 Å². The van der Waals surface area contributed by atoms with Gasteiger partial charge in [-0.25, -0.2) is 0 Å². The molecule has 1 rings (SSSR count). The second-order valence-electron chi connectivity index (χ2n) is 4.34. The summed E-state index contributed by atoms with van der Waals surface area (Å²) in [5.41, 5.74) is 3.39. The second-order valence-corrected chi connectivity index (χ2v) is 4.34. The van der Waals surface area contributed by atoms with Gasteiger partial charge >= 0.3 is 0 Å². The maximum Gasteiger partial charge on any atom is 0.0673 e. The average molecular weight is 207 g/mol. The third-order valence-electron chi connectivity index (χ3n) is 2.29. The van der Waals surface area contributed by atoms with E-state index in [1.807, 2.05) is 6.92 Å². The zero-order chi connectivity index (χ0) is 11.3. The first-order valence-electron chi connectivity index (χ1n) is 5.66. The van der Waals surface area contributed by atoms with E-state index in [9.17, 15) is 0 Å². The minimum Gasteiger partial charge on any atom is -0.312 e. The molecule has 1 N–H and O–H groups in total. The number of hydrogen-bond acceptors (Lipinski definition) is 3. The molecule has 0 aromatic carbocycles. The third-order valence-corrected chi connectivity index (χ3v) is 2.29. The first-order chi connectivity index (χ1) is 7.13. The van der Waals surface area contributed by atoms with Crippen LogP contribution in [0, 0.1) is 12.8 Å². The number of aromatic nitrogens is 2. The molecule has 1 aromatic heterocycles. The van der Waals surface area contributed by atoms with Crippen molar-refractivity contribution in [1.82, 2.24) is 15.5 Å². The van der Waals surface area contributed by atoms with Crippen LogP contribution in [0.15, 0.2) is 6.07 Å². The molecule has 0 spiro atoms. The summed E-state index contributed by atoms with van der Waals surface area (Å²) in [6.45, 7) is 10.5. The number of rotatable bonds is 5. The van der Waals surface area contributed by atoms with Crippen molar-refractivity contribution in [2.24, 2.45) is 5.92 Å². The van der Waals surface area contributed by atoms with Gasteiger partial charge in [-0.05, 0) is 37.4 Å². The van der Waals surface area contributed by atoms with E-state index in [1.165, 1.54) is 5.56 Å². The van der Waals surface area contributed by atoms with Gasteiger partial charge in [-0.3, -0.25) is 0 Å². The summed E-state index contributed by atoms with van der Waals surface area (Å²) in [5.74, 6) is 0.686. The highest BCUT2D eigenvalue weighted by Crippen LogP contribution is 2.07. The van der Waals surface area contributed by atoms with Gasteiger partial charge in [0, 0.05) is 6.54 Å². The Balaban J connectivity index is 2.62. The van der Waals surface area contributed by atoms with E-state index in [0.717, 1.165) is 30.9 Å². The first kappa shape index (κ1) is 12.1. The molecule has 84 valence electrons. The van der Waals surface area contributed by atoms with E-state index < -0.39 is 0 Å². The van der Waals surface area contributed by atoms with Crippen LogP contribution in [-0.4, -0.2) is 16.7 Å². The lowest BCUT2D eigenvalue weighted by Crippen LogP contribution is -2.20. The molecule has 1 aromatic rings. The fourth-order valence-corrected chi connectivity index (χ4v) is 1.51. The molecule has 0 bridgehead atoms. The van der Waals surface area contributed by atoms with Crippen LogP contribution >= 0.6 is 0 Å². The van der Waals surface area contributed by atoms with E-state index >= 15 is 0 Å². The largest absolute Gasteiger partial charge is 0.312 e. The van der Waals surface area contributed by atoms with E-state index in [-0.39, 0.29) is 0 Å². The van der Waals surface area contributed by atoms with Crippen LogP contribution in [0.4, 0.5) is 0 Å². The minimum absolute atomic E-state index is 0.686. The summed E-state index contributed by atoms with van der Waals surface area (Å²) in [7, 11) is 0. The molecule has 0 aliphatic rings. The predicted octanol–water partition coefficient (Wildman–Crippen LogP) is 2.09. The highest BCUT2D eigenvalue weighted by atomic mass is 15.1. The van der Waals surface area contributed by atoms with Crippen molar-refractivity contribution >= 4 is 0 Å². The first-order valence-corrected chi connectivity index (χ1v) is 5.66. The Kier molecular flexibility index (Phi) is 4.69. The van der Waals surface area contributed by atoms with Crippen molar-refractivity contribution in [1.29, 1.82) is 0 Å². The minimum atomic E-state index is 0.686. The van der Waals surface area contributed by atoms with Gasteiger partial charge < -0.3 is 5.32 Å². The number of aryl methyl sites for hydroxylation is 2. The highest BCUT2D eigenvalue weighted by molar-refractivity contribution is 5.20. The molecule has 0 saturated heterocycles. The monoisotopic (exact) mass is 207 g/mol. The summed E-state index contributed by atoms with van der Waals surface area (Å²) in [6, 6.07) is 2.12. The van der Waals surface area contributed by atoms with Crippen molar-refractivity contribution < 1.29 is 0 Å². The van der Waals surface area contributed by atoms with Crippen LogP contribution in [0.1, 0.15) is 37.7 Å². The fourth-order valence-electron chi connectivity index (χ4n) is 1.51. The smallest absolute Gasteiger partial charge is 0.0673 e. The van der Waals surface area contributed by atoms with Crippen LogP contribution in [0.3, 0.4) is 0 Å². The Hall–Kier alpha value is -0.960. The zero-order valence-electron chi connectivity index (χ0n) is 10.2. The lowest BCUT2D eigenvalue weighted by molar-refractivity contribution is 0.549. The topological polar surface area (TPSA) is 37.8 Å². The molecule has 0 radical (unpaired) electrons. The summed E-state index contributed by atoms with van der Waals surface area (Å²) < 4.78 is 0. The van der Waals surface area contributed by atoms with Gasteiger partial charge in [0.05, 0.1) is 11.4 Å². The standard InChI is InChI=1S/C12H21N3/c1-5-12-11(6-10(4)14-15-12)8-13-7-9(2)3/h6,9,13H,5,7-8H2,1-4H3. The van der Waals surface area contributed by atoms with Crippen molar-refractivity contribution in [3.8, 4) is 0 Å². The Morgan fingerprint density at radius 2 is 2.07 bits per heavy atom. The van der Waals surface area contributed by atoms with E-state index in [4.69, 9.17) is 0 Å². The lowest BCUT2D eigenvalue weighted by Gasteiger charge is -2.10. The van der Waals surface area contributed by atoms with Gasteiger partial charge in [-0.15, -0.1) is 0 Å². The number of hydrogen-bond donors (Lipinski definition) is 1. The molecular formula is C12H21N3. The molecule has 3 heteroatoms. The molecule has 0 amide bonds. The quantitative estimate of drug-likeness (QED) is 0.803. The van der Waals surface area contributed by atoms with E-state index in [0.29, 0.717) is 5.92 Å². The van der Waals surface area contributed by atoms with Crippen LogP contribution in [0.2, 0.25) is 0 Å². The number of nitrogens with one attached hydrogen (secondary N) is 1. The molecular weight excluding hydrogens is 186 g/mol. The van der Waals surface area contributed by atoms with Gasteiger partial charge in [0.1, 0.15) is 0 Å². The average Bonchev–Trinajstić information content (AvgIpc) is 2.17. The highest BCUT2D eigenvalue weighted by Gasteiger charge is 2.03. The van der Waals surface area contributed by atoms with Crippen LogP contribution in [0.5, 0.6) is 0 Å². The molecule has 3 nitrogen and oxygen atoms in total. The zero-order valence-corrected chi connectivity index (χ0v) is 10.2. The molecule has 15 heavy (non-hydrogen) atoms. The van der Waals surface area contributed by atoms with Crippen LogP contribution in [-0.2, 0) is 13.0 Å². The molecule has 0 atom stereocenters. The lowest BCUT2D eigenvalue weighted by atomic mass is 10.1. The van der Waals surface area contributed by atoms with Crippen molar-refractivity contribution in [2.45, 2.75) is 40.7 Å². The fraction of sp³-hybridized carbons (Fsp3) is 0.667. The van der Waals surface area contributed by atoms with Gasteiger partial charge in [0.2, 0.25) is 0 Å². The van der Waals surface area contributed by atoms with Crippen molar-refractivity contribution in [3.05, 3.63) is 23.0 Å². The molecule has 1 heterocycles. The second kappa shape index (κ2) is 5.81. The third kappa shape index (κ3) is 3.96. The summed E-state index contributed by atoms with van der Waals surface area (Å²) in [5, 5.41) is 11.7. The van der Waals surface area contributed by atoms with Crippen LogP contribution < -0.4 is 5.32 Å². The van der Waals surface area contributed by atoms with Crippen LogP contribution in [0.25, 0.3) is 0 Å². The summed E-state index contributed by atoms with van der Waals surface area (Å²) >= 11 is 0. The Morgan fingerprint density at radius 3 is 2.67 bits per heavy atom. The normalized spacial score (nSPS) is 11.0. The van der Waals surface area contributed by atoms with Gasteiger partial charge in [-0.1, -0.05) is 20.8 Å². The van der Waals surface area contributed by atoms with E-state index in [2.05, 4.69) is 42.4 Å². The van der Waals surface area contributed by atoms with Gasteiger partial charge in [-0.2, -0.15) is 10.2 Å². The Morgan fingerprint density at radius 1 is 1.33 bits per heavy atom. The van der Waals surface area contributed by atoms with E-state index in [1.54, 1.807) is 0 Å². The predicted molar refractivity (Wildman–Crippen MR) is 62.7 cm³/mol. The summed E-state index contributed by atoms with van der Waals surface area (Å²) in [6.07, 6.45) is 0.950. The van der Waals surface area contributed by atoms with Crippen molar-refractivity contribution in [3.63, 3.8) is 0 Å². The summed E-state index contributed by atoms with van der Waals surface area (Å²) in [4.78, 5) is 0. The Bertz CT molecular complexity index is 308. The maximum atomic E-state index is 4.20.